The summed E-state index contributed by atoms with van der Waals surface area (Å²) in [6, 6.07) is 5.25. The van der Waals surface area contributed by atoms with E-state index < -0.39 is 15.6 Å². The van der Waals surface area contributed by atoms with Gasteiger partial charge in [0.25, 0.3) is 0 Å². The standard InChI is InChI=1S/C14H21BrN2O3S/c1-10-8-11(15)6-7-12(10)17(21(5,19)20)9-13(18)16-14(2,3)4/h6-8H,9H2,1-5H3,(H,16,18). The number of sulfonamides is 1. The third kappa shape index (κ3) is 5.67. The molecule has 1 rings (SSSR count). The minimum absolute atomic E-state index is 0.238. The average molecular weight is 377 g/mol. The van der Waals surface area contributed by atoms with Crippen molar-refractivity contribution in [2.45, 2.75) is 33.2 Å². The summed E-state index contributed by atoms with van der Waals surface area (Å²) in [5.41, 5.74) is 0.873. The highest BCUT2D eigenvalue weighted by atomic mass is 79.9. The minimum Gasteiger partial charge on any atom is -0.350 e. The van der Waals surface area contributed by atoms with E-state index in [4.69, 9.17) is 0 Å². The molecule has 0 atom stereocenters. The number of benzene rings is 1. The first kappa shape index (κ1) is 18.0. The summed E-state index contributed by atoms with van der Waals surface area (Å²) in [5.74, 6) is -0.338. The predicted octanol–water partition coefficient (Wildman–Crippen LogP) is 2.44. The molecule has 21 heavy (non-hydrogen) atoms. The van der Waals surface area contributed by atoms with Gasteiger partial charge in [-0.25, -0.2) is 8.42 Å². The van der Waals surface area contributed by atoms with Crippen LogP contribution in [0, 0.1) is 6.92 Å². The highest BCUT2D eigenvalue weighted by molar-refractivity contribution is 9.10. The quantitative estimate of drug-likeness (QED) is 0.877. The van der Waals surface area contributed by atoms with E-state index in [9.17, 15) is 13.2 Å². The number of halogens is 1. The van der Waals surface area contributed by atoms with Gasteiger partial charge in [-0.1, -0.05) is 15.9 Å². The number of carbonyl (C=O) groups is 1. The molecule has 0 heterocycles. The number of rotatable bonds is 4. The maximum absolute atomic E-state index is 12.0. The van der Waals surface area contributed by atoms with E-state index in [2.05, 4.69) is 21.2 Å². The summed E-state index contributed by atoms with van der Waals surface area (Å²) in [7, 11) is -3.55. The molecule has 5 nitrogen and oxygen atoms in total. The smallest absolute Gasteiger partial charge is 0.241 e. The van der Waals surface area contributed by atoms with Crippen LogP contribution < -0.4 is 9.62 Å². The van der Waals surface area contributed by atoms with Crippen molar-refractivity contribution < 1.29 is 13.2 Å². The first-order valence-electron chi connectivity index (χ1n) is 6.45. The van der Waals surface area contributed by atoms with Gasteiger partial charge in [-0.2, -0.15) is 0 Å². The fourth-order valence-corrected chi connectivity index (χ4v) is 3.26. The average Bonchev–Trinajstić information content (AvgIpc) is 2.22. The summed E-state index contributed by atoms with van der Waals surface area (Å²) in [4.78, 5) is 12.0. The van der Waals surface area contributed by atoms with E-state index >= 15 is 0 Å². The summed E-state index contributed by atoms with van der Waals surface area (Å²) in [6.45, 7) is 7.11. The van der Waals surface area contributed by atoms with Gasteiger partial charge in [0.2, 0.25) is 15.9 Å². The molecule has 0 saturated carbocycles. The molecule has 0 aliphatic heterocycles. The van der Waals surface area contributed by atoms with Crippen LogP contribution in [0.4, 0.5) is 5.69 Å². The van der Waals surface area contributed by atoms with Crippen molar-refractivity contribution in [2.24, 2.45) is 0 Å². The van der Waals surface area contributed by atoms with Crippen molar-refractivity contribution in [1.29, 1.82) is 0 Å². The highest BCUT2D eigenvalue weighted by Gasteiger charge is 2.24. The molecular formula is C14H21BrN2O3S. The largest absolute Gasteiger partial charge is 0.350 e. The van der Waals surface area contributed by atoms with Crippen LogP contribution in [0.25, 0.3) is 0 Å². The van der Waals surface area contributed by atoms with Crippen LogP contribution in [0.15, 0.2) is 22.7 Å². The van der Waals surface area contributed by atoms with E-state index in [-0.39, 0.29) is 12.5 Å². The van der Waals surface area contributed by atoms with Crippen molar-refractivity contribution in [3.63, 3.8) is 0 Å². The Labute approximate surface area is 134 Å². The Morgan fingerprint density at radius 3 is 2.33 bits per heavy atom. The second-order valence-electron chi connectivity index (χ2n) is 6.00. The number of carbonyl (C=O) groups excluding carboxylic acids is 1. The van der Waals surface area contributed by atoms with Crippen LogP contribution in [0.5, 0.6) is 0 Å². The maximum atomic E-state index is 12.0. The number of amides is 1. The Bertz CT molecular complexity index is 636. The molecule has 0 aliphatic rings. The Morgan fingerprint density at radius 1 is 1.33 bits per heavy atom. The van der Waals surface area contributed by atoms with Gasteiger partial charge in [-0.05, 0) is 51.5 Å². The van der Waals surface area contributed by atoms with E-state index in [0.717, 1.165) is 20.6 Å². The molecule has 1 amide bonds. The van der Waals surface area contributed by atoms with Crippen LogP contribution >= 0.6 is 15.9 Å². The van der Waals surface area contributed by atoms with Gasteiger partial charge in [0.15, 0.2) is 0 Å². The van der Waals surface area contributed by atoms with Crippen LogP contribution in [0.3, 0.4) is 0 Å². The molecular weight excluding hydrogens is 356 g/mol. The number of anilines is 1. The molecule has 0 fully saturated rings. The van der Waals surface area contributed by atoms with Gasteiger partial charge in [-0.3, -0.25) is 9.10 Å². The fraction of sp³-hybridized carbons (Fsp3) is 0.500. The Hall–Kier alpha value is -1.08. The SMILES string of the molecule is Cc1cc(Br)ccc1N(CC(=O)NC(C)(C)C)S(C)(=O)=O. The van der Waals surface area contributed by atoms with Gasteiger partial charge in [0.05, 0.1) is 11.9 Å². The van der Waals surface area contributed by atoms with Gasteiger partial charge >= 0.3 is 0 Å². The Morgan fingerprint density at radius 2 is 1.90 bits per heavy atom. The Kier molecular flexibility index (Phi) is 5.44. The monoisotopic (exact) mass is 376 g/mol. The molecule has 0 unspecified atom stereocenters. The molecule has 118 valence electrons. The van der Waals surface area contributed by atoms with Crippen LogP contribution in [-0.4, -0.2) is 32.7 Å². The van der Waals surface area contributed by atoms with Crippen molar-refractivity contribution in [2.75, 3.05) is 17.1 Å². The molecule has 7 heteroatoms. The fourth-order valence-electron chi connectivity index (χ4n) is 1.87. The molecule has 1 aromatic carbocycles. The van der Waals surface area contributed by atoms with Crippen LogP contribution in [-0.2, 0) is 14.8 Å². The normalized spacial score (nSPS) is 12.1. The third-order valence-electron chi connectivity index (χ3n) is 2.63. The zero-order valence-electron chi connectivity index (χ0n) is 12.9. The van der Waals surface area contributed by atoms with Crippen molar-refractivity contribution >= 4 is 37.5 Å². The second kappa shape index (κ2) is 6.36. The molecule has 0 bridgehead atoms. The molecule has 1 aromatic rings. The van der Waals surface area contributed by atoms with Crippen molar-refractivity contribution in [1.82, 2.24) is 5.32 Å². The second-order valence-corrected chi connectivity index (χ2v) is 8.82. The lowest BCUT2D eigenvalue weighted by atomic mass is 10.1. The lowest BCUT2D eigenvalue weighted by molar-refractivity contribution is -0.121. The minimum atomic E-state index is -3.55. The first-order chi connectivity index (χ1) is 9.40. The van der Waals surface area contributed by atoms with E-state index in [1.165, 1.54) is 0 Å². The van der Waals surface area contributed by atoms with E-state index in [1.807, 2.05) is 26.8 Å². The zero-order chi connectivity index (χ0) is 16.4. The highest BCUT2D eigenvalue weighted by Crippen LogP contribution is 2.25. The first-order valence-corrected chi connectivity index (χ1v) is 9.09. The molecule has 0 aromatic heterocycles. The maximum Gasteiger partial charge on any atom is 0.241 e. The van der Waals surface area contributed by atoms with E-state index in [1.54, 1.807) is 19.1 Å². The number of hydrogen-bond donors (Lipinski definition) is 1. The summed E-state index contributed by atoms with van der Waals surface area (Å²) >= 11 is 3.34. The lowest BCUT2D eigenvalue weighted by Crippen LogP contribution is -2.47. The van der Waals surface area contributed by atoms with Crippen LogP contribution in [0.1, 0.15) is 26.3 Å². The molecule has 0 saturated heterocycles. The number of aryl methyl sites for hydroxylation is 1. The van der Waals surface area contributed by atoms with Crippen molar-refractivity contribution in [3.05, 3.63) is 28.2 Å². The third-order valence-corrected chi connectivity index (χ3v) is 4.25. The number of hydrogen-bond acceptors (Lipinski definition) is 3. The predicted molar refractivity (Wildman–Crippen MR) is 89.0 cm³/mol. The lowest BCUT2D eigenvalue weighted by Gasteiger charge is -2.26. The van der Waals surface area contributed by atoms with Crippen molar-refractivity contribution in [3.8, 4) is 0 Å². The number of nitrogens with one attached hydrogen (secondary N) is 1. The Balaban J connectivity index is 3.11. The van der Waals surface area contributed by atoms with Gasteiger partial charge in [-0.15, -0.1) is 0 Å². The summed E-state index contributed by atoms with van der Waals surface area (Å²) in [6.07, 6.45) is 1.10. The summed E-state index contributed by atoms with van der Waals surface area (Å²) < 4.78 is 26.0. The molecule has 0 aliphatic carbocycles. The molecule has 1 N–H and O–H groups in total. The van der Waals surface area contributed by atoms with Gasteiger partial charge in [0, 0.05) is 10.0 Å². The zero-order valence-corrected chi connectivity index (χ0v) is 15.3. The molecule has 0 radical (unpaired) electrons. The van der Waals surface area contributed by atoms with Crippen LogP contribution in [0.2, 0.25) is 0 Å². The number of nitrogens with zero attached hydrogens (tertiary/aromatic N) is 1. The van der Waals surface area contributed by atoms with Gasteiger partial charge in [0.1, 0.15) is 6.54 Å². The van der Waals surface area contributed by atoms with E-state index in [0.29, 0.717) is 5.69 Å². The summed E-state index contributed by atoms with van der Waals surface area (Å²) in [5, 5.41) is 2.77. The van der Waals surface area contributed by atoms with Gasteiger partial charge < -0.3 is 5.32 Å². The topological polar surface area (TPSA) is 66.5 Å². The molecule has 0 spiro atoms.